The van der Waals surface area contributed by atoms with Crippen LogP contribution in [0.15, 0.2) is 12.7 Å². The molecular formula is C9H15NO. The van der Waals surface area contributed by atoms with E-state index >= 15 is 0 Å². The number of hydrogen-bond donors (Lipinski definition) is 1. The largest absolute Gasteiger partial charge is 0.477 e. The summed E-state index contributed by atoms with van der Waals surface area (Å²) in [4.78, 5) is 0. The van der Waals surface area contributed by atoms with Crippen LogP contribution in [0.1, 0.15) is 26.2 Å². The molecule has 0 radical (unpaired) electrons. The second-order valence-electron chi connectivity index (χ2n) is 3.21. The maximum Gasteiger partial charge on any atom is 0.205 e. The molecule has 0 heterocycles. The molecule has 1 rings (SSSR count). The van der Waals surface area contributed by atoms with E-state index in [4.69, 9.17) is 10.1 Å². The molecule has 1 aliphatic rings. The van der Waals surface area contributed by atoms with Gasteiger partial charge in [-0.1, -0.05) is 13.5 Å². The Balaban J connectivity index is 2.21. The van der Waals surface area contributed by atoms with Gasteiger partial charge in [0.05, 0.1) is 6.61 Å². The number of nitrogens with one attached hydrogen (secondary N) is 1. The fourth-order valence-electron chi connectivity index (χ4n) is 1.07. The summed E-state index contributed by atoms with van der Waals surface area (Å²) in [5, 5.41) is 7.18. The molecule has 0 atom stereocenters. The predicted octanol–water partition coefficient (Wildman–Crippen LogP) is 2.36. The molecule has 0 amide bonds. The lowest BCUT2D eigenvalue weighted by molar-refractivity contribution is 0.218. The molecule has 0 saturated heterocycles. The van der Waals surface area contributed by atoms with Gasteiger partial charge in [-0.25, -0.2) is 0 Å². The Labute approximate surface area is 67.8 Å². The van der Waals surface area contributed by atoms with Crippen molar-refractivity contribution in [3.8, 4) is 0 Å². The molecular weight excluding hydrogens is 138 g/mol. The summed E-state index contributed by atoms with van der Waals surface area (Å²) in [6.07, 6.45) is 5.12. The minimum atomic E-state index is 0.199. The van der Waals surface area contributed by atoms with Crippen LogP contribution in [0.3, 0.4) is 0 Å². The maximum atomic E-state index is 7.18. The second kappa shape index (κ2) is 3.07. The number of rotatable bonds is 4. The van der Waals surface area contributed by atoms with Gasteiger partial charge in [0.2, 0.25) is 5.90 Å². The van der Waals surface area contributed by atoms with Crippen molar-refractivity contribution in [3.05, 3.63) is 12.7 Å². The molecule has 11 heavy (non-hydrogen) atoms. The summed E-state index contributed by atoms with van der Waals surface area (Å²) in [6.45, 7) is 6.34. The fraction of sp³-hybridized carbons (Fsp3) is 0.667. The van der Waals surface area contributed by atoms with E-state index in [2.05, 4.69) is 13.5 Å². The Morgan fingerprint density at radius 2 is 2.36 bits per heavy atom. The standard InChI is InChI=1S/C9H15NO/c1-3-8(10)11-7-9(4-2)5-6-9/h3,10H,1,4-7H2,2H3. The van der Waals surface area contributed by atoms with Crippen molar-refractivity contribution in [2.24, 2.45) is 5.41 Å². The molecule has 0 spiro atoms. The van der Waals surface area contributed by atoms with E-state index in [-0.39, 0.29) is 5.90 Å². The van der Waals surface area contributed by atoms with Gasteiger partial charge in [0, 0.05) is 5.41 Å². The summed E-state index contributed by atoms with van der Waals surface area (Å²) < 4.78 is 5.17. The van der Waals surface area contributed by atoms with Gasteiger partial charge in [-0.3, -0.25) is 5.41 Å². The highest BCUT2D eigenvalue weighted by molar-refractivity contribution is 5.83. The number of hydrogen-bond acceptors (Lipinski definition) is 2. The van der Waals surface area contributed by atoms with Gasteiger partial charge < -0.3 is 4.74 Å². The predicted molar refractivity (Wildman–Crippen MR) is 45.8 cm³/mol. The van der Waals surface area contributed by atoms with Crippen LogP contribution in [0.2, 0.25) is 0 Å². The van der Waals surface area contributed by atoms with E-state index in [1.807, 2.05) is 0 Å². The molecule has 1 fully saturated rings. The lowest BCUT2D eigenvalue weighted by Crippen LogP contribution is -2.12. The van der Waals surface area contributed by atoms with Crippen molar-refractivity contribution in [2.75, 3.05) is 6.61 Å². The first-order valence-electron chi connectivity index (χ1n) is 4.06. The van der Waals surface area contributed by atoms with Gasteiger partial charge in [0.25, 0.3) is 0 Å². The Kier molecular flexibility index (Phi) is 2.32. The van der Waals surface area contributed by atoms with Crippen molar-refractivity contribution in [1.82, 2.24) is 0 Å². The van der Waals surface area contributed by atoms with Crippen LogP contribution in [0, 0.1) is 10.8 Å². The van der Waals surface area contributed by atoms with E-state index in [0.717, 1.165) is 6.42 Å². The van der Waals surface area contributed by atoms with Crippen LogP contribution in [-0.2, 0) is 4.74 Å². The maximum absolute atomic E-state index is 7.18. The molecule has 2 nitrogen and oxygen atoms in total. The molecule has 0 aliphatic heterocycles. The highest BCUT2D eigenvalue weighted by Gasteiger charge is 2.41. The van der Waals surface area contributed by atoms with Crippen molar-refractivity contribution in [1.29, 1.82) is 5.41 Å². The summed E-state index contributed by atoms with van der Waals surface area (Å²) >= 11 is 0. The van der Waals surface area contributed by atoms with Crippen molar-refractivity contribution < 1.29 is 4.74 Å². The van der Waals surface area contributed by atoms with Crippen molar-refractivity contribution in [3.63, 3.8) is 0 Å². The van der Waals surface area contributed by atoms with E-state index < -0.39 is 0 Å². The van der Waals surface area contributed by atoms with Gasteiger partial charge in [-0.05, 0) is 25.3 Å². The zero-order valence-electron chi connectivity index (χ0n) is 7.02. The SMILES string of the molecule is C=CC(=N)OCC1(CC)CC1. The Bertz CT molecular complexity index is 170. The Morgan fingerprint density at radius 3 is 2.73 bits per heavy atom. The summed E-state index contributed by atoms with van der Waals surface area (Å²) in [6, 6.07) is 0. The van der Waals surface area contributed by atoms with Gasteiger partial charge in [-0.15, -0.1) is 0 Å². The monoisotopic (exact) mass is 153 g/mol. The van der Waals surface area contributed by atoms with Gasteiger partial charge >= 0.3 is 0 Å². The molecule has 0 bridgehead atoms. The van der Waals surface area contributed by atoms with Crippen molar-refractivity contribution in [2.45, 2.75) is 26.2 Å². The molecule has 62 valence electrons. The van der Waals surface area contributed by atoms with Crippen LogP contribution in [0.4, 0.5) is 0 Å². The van der Waals surface area contributed by atoms with Crippen LogP contribution in [-0.4, -0.2) is 12.5 Å². The summed E-state index contributed by atoms with van der Waals surface area (Å²) in [7, 11) is 0. The van der Waals surface area contributed by atoms with Gasteiger partial charge in [0.15, 0.2) is 0 Å². The van der Waals surface area contributed by atoms with Crippen LogP contribution in [0.25, 0.3) is 0 Å². The first-order chi connectivity index (χ1) is 5.22. The highest BCUT2D eigenvalue weighted by atomic mass is 16.5. The summed E-state index contributed by atoms with van der Waals surface area (Å²) in [5.74, 6) is 0.199. The molecule has 2 heteroatoms. The third-order valence-electron chi connectivity index (χ3n) is 2.43. The average molecular weight is 153 g/mol. The lowest BCUT2D eigenvalue weighted by atomic mass is 10.1. The van der Waals surface area contributed by atoms with Crippen LogP contribution in [0.5, 0.6) is 0 Å². The smallest absolute Gasteiger partial charge is 0.205 e. The molecule has 0 unspecified atom stereocenters. The van der Waals surface area contributed by atoms with E-state index in [1.165, 1.54) is 18.9 Å². The molecule has 1 saturated carbocycles. The molecule has 0 aromatic heterocycles. The second-order valence-corrected chi connectivity index (χ2v) is 3.21. The van der Waals surface area contributed by atoms with Crippen LogP contribution >= 0.6 is 0 Å². The third kappa shape index (κ3) is 2.07. The normalized spacial score (nSPS) is 19.0. The zero-order valence-corrected chi connectivity index (χ0v) is 7.02. The highest BCUT2D eigenvalue weighted by Crippen LogP contribution is 2.48. The molecule has 0 aromatic rings. The fourth-order valence-corrected chi connectivity index (χ4v) is 1.07. The quantitative estimate of drug-likeness (QED) is 0.488. The zero-order chi connectivity index (χ0) is 8.32. The summed E-state index contributed by atoms with van der Waals surface area (Å²) in [5.41, 5.74) is 0.412. The van der Waals surface area contributed by atoms with Crippen LogP contribution < -0.4 is 0 Å². The van der Waals surface area contributed by atoms with Gasteiger partial charge in [-0.2, -0.15) is 0 Å². The Morgan fingerprint density at radius 1 is 1.73 bits per heavy atom. The number of ether oxygens (including phenoxy) is 1. The van der Waals surface area contributed by atoms with Gasteiger partial charge in [0.1, 0.15) is 0 Å². The molecule has 1 aliphatic carbocycles. The van der Waals surface area contributed by atoms with E-state index in [0.29, 0.717) is 12.0 Å². The van der Waals surface area contributed by atoms with E-state index in [9.17, 15) is 0 Å². The minimum Gasteiger partial charge on any atom is -0.477 e. The first kappa shape index (κ1) is 8.31. The topological polar surface area (TPSA) is 33.1 Å². The minimum absolute atomic E-state index is 0.199. The third-order valence-corrected chi connectivity index (χ3v) is 2.43. The Hall–Kier alpha value is -0.790. The molecule has 0 aromatic carbocycles. The molecule has 1 N–H and O–H groups in total. The lowest BCUT2D eigenvalue weighted by Gasteiger charge is -2.12. The average Bonchev–Trinajstić information content (AvgIpc) is 2.81. The van der Waals surface area contributed by atoms with E-state index in [1.54, 1.807) is 0 Å². The first-order valence-corrected chi connectivity index (χ1v) is 4.06. The van der Waals surface area contributed by atoms with Crippen molar-refractivity contribution >= 4 is 5.90 Å².